The molecule has 1 aliphatic carbocycles. The highest BCUT2D eigenvalue weighted by Gasteiger charge is 2.54. The maximum atomic E-state index is 14.0. The molecule has 11 heteroatoms. The molecule has 0 fully saturated rings. The van der Waals surface area contributed by atoms with Crippen molar-refractivity contribution in [3.63, 3.8) is 0 Å². The number of nitrogens with zero attached hydrogens (tertiary/aromatic N) is 2. The van der Waals surface area contributed by atoms with E-state index in [2.05, 4.69) is 5.10 Å². The highest BCUT2D eigenvalue weighted by Crippen LogP contribution is 2.50. The van der Waals surface area contributed by atoms with Crippen molar-refractivity contribution in [2.45, 2.75) is 28.9 Å². The number of sulfone groups is 1. The Kier molecular flexibility index (Phi) is 3.73. The lowest BCUT2D eigenvalue weighted by atomic mass is 10.0. The van der Waals surface area contributed by atoms with E-state index in [0.29, 0.717) is 11.8 Å². The summed E-state index contributed by atoms with van der Waals surface area (Å²) >= 11 is 0. The molecule has 5 nitrogen and oxygen atoms in total. The van der Waals surface area contributed by atoms with Crippen LogP contribution < -0.4 is 0 Å². The molecule has 0 saturated carbocycles. The SMILES string of the molecule is Cn1nccc1-c1ccc(S(=O)(=O)C(F)(F)F)c2c1CC(F)(F)[C@H]2O. The van der Waals surface area contributed by atoms with E-state index < -0.39 is 44.3 Å². The highest BCUT2D eigenvalue weighted by molar-refractivity contribution is 7.92. The molecule has 1 aliphatic rings. The number of benzene rings is 1. The summed E-state index contributed by atoms with van der Waals surface area (Å²) < 4.78 is 91.3. The molecule has 0 radical (unpaired) electrons. The van der Waals surface area contributed by atoms with Crippen molar-refractivity contribution >= 4 is 9.84 Å². The van der Waals surface area contributed by atoms with Crippen LogP contribution >= 0.6 is 0 Å². The van der Waals surface area contributed by atoms with E-state index in [1.54, 1.807) is 0 Å². The molecule has 0 aliphatic heterocycles. The van der Waals surface area contributed by atoms with Crippen molar-refractivity contribution in [1.82, 2.24) is 9.78 Å². The number of hydrogen-bond donors (Lipinski definition) is 1. The Morgan fingerprint density at radius 2 is 1.92 bits per heavy atom. The largest absolute Gasteiger partial charge is 0.501 e. The Hall–Kier alpha value is -2.01. The maximum absolute atomic E-state index is 14.0. The van der Waals surface area contributed by atoms with E-state index in [1.807, 2.05) is 0 Å². The van der Waals surface area contributed by atoms with Crippen molar-refractivity contribution in [2.24, 2.45) is 7.05 Å². The molecule has 1 aromatic heterocycles. The minimum atomic E-state index is -5.90. The molecule has 2 aromatic rings. The average molecular weight is 382 g/mol. The molecule has 1 aromatic carbocycles. The zero-order valence-corrected chi connectivity index (χ0v) is 13.4. The summed E-state index contributed by atoms with van der Waals surface area (Å²) in [5, 5.41) is 13.7. The molecule has 0 bridgehead atoms. The molecule has 0 spiro atoms. The van der Waals surface area contributed by atoms with Crippen LogP contribution in [0, 0.1) is 0 Å². The van der Waals surface area contributed by atoms with Gasteiger partial charge in [-0.2, -0.15) is 18.3 Å². The van der Waals surface area contributed by atoms with Crippen LogP contribution in [0.3, 0.4) is 0 Å². The Balaban J connectivity index is 2.34. The van der Waals surface area contributed by atoms with Crippen molar-refractivity contribution < 1.29 is 35.5 Å². The quantitative estimate of drug-likeness (QED) is 0.811. The smallest absolute Gasteiger partial charge is 0.382 e. The van der Waals surface area contributed by atoms with Crippen molar-refractivity contribution in [2.75, 3.05) is 0 Å². The average Bonchev–Trinajstić information content (AvgIpc) is 2.99. The molecule has 1 heterocycles. The second-order valence-corrected chi connectivity index (χ2v) is 7.54. The number of fused-ring (bicyclic) bond motifs is 1. The van der Waals surface area contributed by atoms with Crippen LogP contribution in [-0.2, 0) is 23.3 Å². The molecular weight excluding hydrogens is 371 g/mol. The van der Waals surface area contributed by atoms with Gasteiger partial charge in [-0.3, -0.25) is 4.68 Å². The number of aryl methyl sites for hydroxylation is 1. The zero-order chi connectivity index (χ0) is 18.8. The first kappa shape index (κ1) is 17.8. The first-order valence-electron chi connectivity index (χ1n) is 6.89. The van der Waals surface area contributed by atoms with Crippen LogP contribution in [0.25, 0.3) is 11.3 Å². The Labute approximate surface area is 138 Å². The number of halogens is 5. The fourth-order valence-electron chi connectivity index (χ4n) is 2.91. The third-order valence-electron chi connectivity index (χ3n) is 4.09. The number of alkyl halides is 5. The van der Waals surface area contributed by atoms with Gasteiger partial charge in [-0.1, -0.05) is 6.07 Å². The van der Waals surface area contributed by atoms with Gasteiger partial charge in [0.2, 0.25) is 0 Å². The van der Waals surface area contributed by atoms with Crippen LogP contribution in [0.2, 0.25) is 0 Å². The number of aliphatic hydroxyl groups is 1. The molecule has 3 rings (SSSR count). The fourth-order valence-corrected chi connectivity index (χ4v) is 3.93. The lowest BCUT2D eigenvalue weighted by molar-refractivity contribution is -0.0977. The first-order chi connectivity index (χ1) is 11.4. The summed E-state index contributed by atoms with van der Waals surface area (Å²) in [4.78, 5) is -1.36. The molecule has 0 amide bonds. The molecule has 1 N–H and O–H groups in total. The number of aromatic nitrogens is 2. The van der Waals surface area contributed by atoms with Gasteiger partial charge in [-0.05, 0) is 17.7 Å². The molecule has 0 unspecified atom stereocenters. The molecule has 0 saturated heterocycles. The van der Waals surface area contributed by atoms with Gasteiger partial charge in [0.05, 0.1) is 10.6 Å². The topological polar surface area (TPSA) is 72.2 Å². The summed E-state index contributed by atoms with van der Waals surface area (Å²) in [7, 11) is -4.40. The van der Waals surface area contributed by atoms with E-state index in [-0.39, 0.29) is 11.1 Å². The first-order valence-corrected chi connectivity index (χ1v) is 8.37. The summed E-state index contributed by atoms with van der Waals surface area (Å²) in [5.41, 5.74) is -6.54. The predicted molar refractivity (Wildman–Crippen MR) is 75.5 cm³/mol. The van der Waals surface area contributed by atoms with E-state index in [9.17, 15) is 35.5 Å². The Bertz CT molecular complexity index is 950. The van der Waals surface area contributed by atoms with Gasteiger partial charge in [0, 0.05) is 30.8 Å². The number of aliphatic hydroxyl groups excluding tert-OH is 1. The second-order valence-electron chi connectivity index (χ2n) is 5.63. The second kappa shape index (κ2) is 5.24. The van der Waals surface area contributed by atoms with Crippen LogP contribution in [0.1, 0.15) is 17.2 Å². The number of rotatable bonds is 2. The minimum Gasteiger partial charge on any atom is -0.382 e. The van der Waals surface area contributed by atoms with Gasteiger partial charge in [-0.15, -0.1) is 0 Å². The zero-order valence-electron chi connectivity index (χ0n) is 12.6. The normalized spacial score (nSPS) is 19.9. The monoisotopic (exact) mass is 382 g/mol. The molecule has 25 heavy (non-hydrogen) atoms. The van der Waals surface area contributed by atoms with Crippen LogP contribution in [0.15, 0.2) is 29.3 Å². The van der Waals surface area contributed by atoms with Crippen LogP contribution in [-0.4, -0.2) is 34.7 Å². The predicted octanol–water partition coefficient (Wildman–Crippen LogP) is 2.61. The minimum absolute atomic E-state index is 0.0901. The summed E-state index contributed by atoms with van der Waals surface area (Å²) in [5.74, 6) is -3.78. The van der Waals surface area contributed by atoms with Gasteiger partial charge >= 0.3 is 5.51 Å². The van der Waals surface area contributed by atoms with Crippen LogP contribution in [0.4, 0.5) is 22.0 Å². The Morgan fingerprint density at radius 3 is 2.44 bits per heavy atom. The van der Waals surface area contributed by atoms with Gasteiger partial charge < -0.3 is 5.11 Å². The summed E-state index contributed by atoms with van der Waals surface area (Å²) in [6.45, 7) is 0. The number of hydrogen-bond acceptors (Lipinski definition) is 4. The maximum Gasteiger partial charge on any atom is 0.501 e. The molecule has 1 atom stereocenters. The van der Waals surface area contributed by atoms with E-state index in [1.165, 1.54) is 24.0 Å². The Morgan fingerprint density at radius 1 is 1.28 bits per heavy atom. The highest BCUT2D eigenvalue weighted by atomic mass is 32.2. The summed E-state index contributed by atoms with van der Waals surface area (Å²) in [6.07, 6.45) is -2.38. The van der Waals surface area contributed by atoms with Crippen LogP contribution in [0.5, 0.6) is 0 Å². The van der Waals surface area contributed by atoms with Crippen molar-refractivity contribution in [3.05, 3.63) is 35.5 Å². The van der Waals surface area contributed by atoms with Gasteiger partial charge in [-0.25, -0.2) is 17.2 Å². The standard InChI is InChI=1S/C14H11F5N2O3S/c1-21-9(4-5-20-21)7-2-3-10(25(23,24)14(17,18)19)11-8(7)6-13(15,16)12(11)22/h2-5,12,22H,6H2,1H3/t12-/m0/s1. The molecular formula is C14H11F5N2O3S. The summed E-state index contributed by atoms with van der Waals surface area (Å²) in [6, 6.07) is 3.05. The molecule has 136 valence electrons. The van der Waals surface area contributed by atoms with E-state index in [0.717, 1.165) is 6.07 Å². The fraction of sp³-hybridized carbons (Fsp3) is 0.357. The van der Waals surface area contributed by atoms with Crippen molar-refractivity contribution in [1.29, 1.82) is 0 Å². The van der Waals surface area contributed by atoms with E-state index >= 15 is 0 Å². The van der Waals surface area contributed by atoms with Crippen molar-refractivity contribution in [3.8, 4) is 11.3 Å². The third kappa shape index (κ3) is 2.53. The third-order valence-corrected chi connectivity index (χ3v) is 5.64. The van der Waals surface area contributed by atoms with Gasteiger partial charge in [0.1, 0.15) is 6.10 Å². The van der Waals surface area contributed by atoms with Gasteiger partial charge in [0.25, 0.3) is 15.8 Å². The lowest BCUT2D eigenvalue weighted by Crippen LogP contribution is -2.26. The van der Waals surface area contributed by atoms with E-state index in [4.69, 9.17) is 0 Å². The lowest BCUT2D eigenvalue weighted by Gasteiger charge is -2.17. The van der Waals surface area contributed by atoms with Gasteiger partial charge in [0.15, 0.2) is 0 Å².